The van der Waals surface area contributed by atoms with Gasteiger partial charge >= 0.3 is 0 Å². The van der Waals surface area contributed by atoms with Crippen LogP contribution < -0.4 is 0 Å². The number of thiophene rings is 1. The van der Waals surface area contributed by atoms with Crippen LogP contribution in [-0.4, -0.2) is 59.2 Å². The molecule has 0 N–H and O–H groups in total. The van der Waals surface area contributed by atoms with Gasteiger partial charge in [-0.15, -0.1) is 11.3 Å². The molecule has 0 bridgehead atoms. The molecule has 1 fully saturated rings. The monoisotopic (exact) mass is 349 g/mol. The number of aromatic nitrogens is 1. The molecule has 1 saturated heterocycles. The van der Waals surface area contributed by atoms with Gasteiger partial charge in [-0.25, -0.2) is 4.98 Å². The highest BCUT2D eigenvalue weighted by atomic mass is 35.5. The number of rotatable bonds is 4. The van der Waals surface area contributed by atoms with E-state index in [-0.39, 0.29) is 16.8 Å². The zero-order valence-electron chi connectivity index (χ0n) is 12.4. The molecular formula is C16H16ClN3O2S. The van der Waals surface area contributed by atoms with Gasteiger partial charge in [0.2, 0.25) is 0 Å². The van der Waals surface area contributed by atoms with E-state index < -0.39 is 0 Å². The van der Waals surface area contributed by atoms with Crippen molar-refractivity contribution in [1.29, 1.82) is 0 Å². The zero-order valence-corrected chi connectivity index (χ0v) is 14.0. The Morgan fingerprint density at radius 2 is 1.96 bits per heavy atom. The summed E-state index contributed by atoms with van der Waals surface area (Å²) in [6, 6.07) is 7.11. The van der Waals surface area contributed by atoms with Crippen molar-refractivity contribution in [3.8, 4) is 0 Å². The number of halogens is 1. The van der Waals surface area contributed by atoms with E-state index in [2.05, 4.69) is 9.88 Å². The highest BCUT2D eigenvalue weighted by Crippen LogP contribution is 2.16. The summed E-state index contributed by atoms with van der Waals surface area (Å²) >= 11 is 7.44. The van der Waals surface area contributed by atoms with Gasteiger partial charge in [-0.2, -0.15) is 0 Å². The number of nitrogens with zero attached hydrogens (tertiary/aromatic N) is 3. The summed E-state index contributed by atoms with van der Waals surface area (Å²) in [6.07, 6.45) is 1.56. The number of carbonyl (C=O) groups excluding carboxylic acids is 2. The number of hydrogen-bond acceptors (Lipinski definition) is 5. The second kappa shape index (κ2) is 7.21. The van der Waals surface area contributed by atoms with Crippen LogP contribution in [-0.2, 0) is 0 Å². The average molecular weight is 350 g/mol. The van der Waals surface area contributed by atoms with E-state index in [4.69, 9.17) is 11.6 Å². The van der Waals surface area contributed by atoms with Crippen molar-refractivity contribution in [3.63, 3.8) is 0 Å². The summed E-state index contributed by atoms with van der Waals surface area (Å²) in [5.41, 5.74) is 0.428. The lowest BCUT2D eigenvalue weighted by Gasteiger charge is -2.34. The normalized spacial score (nSPS) is 15.6. The van der Waals surface area contributed by atoms with Gasteiger partial charge in [0.05, 0.1) is 17.0 Å². The summed E-state index contributed by atoms with van der Waals surface area (Å²) < 4.78 is 0. The van der Waals surface area contributed by atoms with Crippen LogP contribution in [0, 0.1) is 0 Å². The van der Waals surface area contributed by atoms with Crippen LogP contribution in [0.4, 0.5) is 0 Å². The summed E-state index contributed by atoms with van der Waals surface area (Å²) in [4.78, 5) is 33.1. The Labute approximate surface area is 143 Å². The van der Waals surface area contributed by atoms with Crippen LogP contribution in [0.5, 0.6) is 0 Å². The molecule has 7 heteroatoms. The Morgan fingerprint density at radius 3 is 2.61 bits per heavy atom. The third-order valence-electron chi connectivity index (χ3n) is 3.81. The number of piperazine rings is 1. The number of Topliss-reactive ketones (excluding diaryl/α,β-unsaturated/α-hetero) is 1. The van der Waals surface area contributed by atoms with Gasteiger partial charge in [0.1, 0.15) is 5.15 Å². The van der Waals surface area contributed by atoms with Crippen molar-refractivity contribution in [3.05, 3.63) is 51.4 Å². The fraction of sp³-hybridized carbons (Fsp3) is 0.312. The van der Waals surface area contributed by atoms with Crippen molar-refractivity contribution in [2.45, 2.75) is 0 Å². The Morgan fingerprint density at radius 1 is 1.17 bits per heavy atom. The first-order valence-electron chi connectivity index (χ1n) is 7.34. The fourth-order valence-electron chi connectivity index (χ4n) is 2.54. The highest BCUT2D eigenvalue weighted by molar-refractivity contribution is 7.12. The maximum atomic E-state index is 12.5. The molecule has 0 atom stereocenters. The Bertz CT molecular complexity index is 697. The van der Waals surface area contributed by atoms with Crippen LogP contribution in [0.1, 0.15) is 20.0 Å². The van der Waals surface area contributed by atoms with Crippen molar-refractivity contribution in [2.75, 3.05) is 32.7 Å². The number of ketones is 1. The Kier molecular flexibility index (Phi) is 5.05. The molecule has 1 aliphatic rings. The topological polar surface area (TPSA) is 53.5 Å². The molecule has 0 radical (unpaired) electrons. The van der Waals surface area contributed by atoms with Crippen molar-refractivity contribution in [2.24, 2.45) is 0 Å². The Balaban J connectivity index is 1.55. The molecule has 3 heterocycles. The standard InChI is InChI=1S/C16H16ClN3O2S/c17-15-12(3-1-5-18-15)16(22)20-8-6-19(7-9-20)11-13(21)14-4-2-10-23-14/h1-5,10H,6-9,11H2. The summed E-state index contributed by atoms with van der Waals surface area (Å²) in [5, 5.41) is 2.13. The second-order valence-electron chi connectivity index (χ2n) is 5.31. The van der Waals surface area contributed by atoms with E-state index >= 15 is 0 Å². The largest absolute Gasteiger partial charge is 0.336 e. The molecule has 0 aromatic carbocycles. The van der Waals surface area contributed by atoms with Gasteiger partial charge in [-0.3, -0.25) is 14.5 Å². The number of carbonyl (C=O) groups is 2. The van der Waals surface area contributed by atoms with Crippen molar-refractivity contribution < 1.29 is 9.59 Å². The smallest absolute Gasteiger partial charge is 0.257 e. The molecule has 1 aliphatic heterocycles. The molecule has 2 aromatic heterocycles. The average Bonchev–Trinajstić information content (AvgIpc) is 3.10. The minimum absolute atomic E-state index is 0.104. The Hall–Kier alpha value is -1.76. The zero-order chi connectivity index (χ0) is 16.2. The number of amides is 1. The van der Waals surface area contributed by atoms with Crippen LogP contribution in [0.2, 0.25) is 5.15 Å². The SMILES string of the molecule is O=C(CN1CCN(C(=O)c2cccnc2Cl)CC1)c1cccs1. The molecule has 120 valence electrons. The number of pyridine rings is 1. The lowest BCUT2D eigenvalue weighted by atomic mass is 10.2. The van der Waals surface area contributed by atoms with E-state index in [1.807, 2.05) is 17.5 Å². The lowest BCUT2D eigenvalue weighted by Crippen LogP contribution is -2.49. The highest BCUT2D eigenvalue weighted by Gasteiger charge is 2.25. The first-order valence-corrected chi connectivity index (χ1v) is 8.60. The van der Waals surface area contributed by atoms with E-state index in [9.17, 15) is 9.59 Å². The molecule has 1 amide bonds. The predicted octanol–water partition coefficient (Wildman–Crippen LogP) is 2.44. The summed E-state index contributed by atoms with van der Waals surface area (Å²) in [5.74, 6) is 0.0300. The molecule has 2 aromatic rings. The summed E-state index contributed by atoms with van der Waals surface area (Å²) in [6.45, 7) is 2.93. The maximum Gasteiger partial charge on any atom is 0.257 e. The van der Waals surface area contributed by atoms with Crippen LogP contribution in [0.25, 0.3) is 0 Å². The lowest BCUT2D eigenvalue weighted by molar-refractivity contribution is 0.0625. The van der Waals surface area contributed by atoms with Gasteiger partial charge in [-0.05, 0) is 23.6 Å². The second-order valence-corrected chi connectivity index (χ2v) is 6.62. The van der Waals surface area contributed by atoms with Gasteiger partial charge in [-0.1, -0.05) is 17.7 Å². The van der Waals surface area contributed by atoms with Gasteiger partial charge < -0.3 is 4.90 Å². The fourth-order valence-corrected chi connectivity index (χ4v) is 3.40. The van der Waals surface area contributed by atoms with Crippen molar-refractivity contribution >= 4 is 34.6 Å². The molecule has 0 aliphatic carbocycles. The van der Waals surface area contributed by atoms with E-state index in [1.54, 1.807) is 23.2 Å². The quantitative estimate of drug-likeness (QED) is 0.628. The minimum atomic E-state index is -0.104. The van der Waals surface area contributed by atoms with E-state index in [0.29, 0.717) is 38.3 Å². The molecule has 3 rings (SSSR count). The summed E-state index contributed by atoms with van der Waals surface area (Å²) in [7, 11) is 0. The molecular weight excluding hydrogens is 334 g/mol. The molecule has 5 nitrogen and oxygen atoms in total. The third-order valence-corrected chi connectivity index (χ3v) is 5.02. The van der Waals surface area contributed by atoms with Crippen LogP contribution >= 0.6 is 22.9 Å². The van der Waals surface area contributed by atoms with Gasteiger partial charge in [0, 0.05) is 32.4 Å². The first-order chi connectivity index (χ1) is 11.1. The van der Waals surface area contributed by atoms with Crippen molar-refractivity contribution in [1.82, 2.24) is 14.8 Å². The van der Waals surface area contributed by atoms with Crippen LogP contribution in [0.3, 0.4) is 0 Å². The maximum absolute atomic E-state index is 12.5. The van der Waals surface area contributed by atoms with Crippen LogP contribution in [0.15, 0.2) is 35.8 Å². The van der Waals surface area contributed by atoms with Gasteiger partial charge in [0.25, 0.3) is 5.91 Å². The first kappa shape index (κ1) is 16.1. The minimum Gasteiger partial charge on any atom is -0.336 e. The van der Waals surface area contributed by atoms with Gasteiger partial charge in [0.15, 0.2) is 5.78 Å². The van der Waals surface area contributed by atoms with E-state index in [0.717, 1.165) is 4.88 Å². The third kappa shape index (κ3) is 3.77. The molecule has 0 spiro atoms. The molecule has 23 heavy (non-hydrogen) atoms. The predicted molar refractivity (Wildman–Crippen MR) is 90.2 cm³/mol. The number of hydrogen-bond donors (Lipinski definition) is 0. The van der Waals surface area contributed by atoms with E-state index in [1.165, 1.54) is 11.3 Å². The molecule has 0 unspecified atom stereocenters. The molecule has 0 saturated carbocycles.